The van der Waals surface area contributed by atoms with Crippen LogP contribution in [0.2, 0.25) is 0 Å². The summed E-state index contributed by atoms with van der Waals surface area (Å²) in [4.78, 5) is 16.2. The lowest BCUT2D eigenvalue weighted by molar-refractivity contribution is -0.118. The van der Waals surface area contributed by atoms with Gasteiger partial charge in [-0.3, -0.25) is 4.79 Å². The normalized spacial score (nSPS) is 13.9. The number of rotatable bonds is 5. The summed E-state index contributed by atoms with van der Waals surface area (Å²) in [5, 5.41) is 2.64. The Morgan fingerprint density at radius 3 is 2.57 bits per heavy atom. The largest absolute Gasteiger partial charge is 0.440 e. The highest BCUT2D eigenvalue weighted by Gasteiger charge is 2.31. The van der Waals surface area contributed by atoms with Crippen molar-refractivity contribution in [1.82, 2.24) is 10.3 Å². The molecule has 0 saturated carbocycles. The number of carbonyl (C=O) groups excluding carboxylic acids is 1. The minimum absolute atomic E-state index is 0.149. The van der Waals surface area contributed by atoms with Crippen molar-refractivity contribution in [3.63, 3.8) is 0 Å². The molecule has 1 heterocycles. The molecular weight excluding hydrogens is 316 g/mol. The van der Waals surface area contributed by atoms with Gasteiger partial charge in [-0.15, -0.1) is 0 Å². The summed E-state index contributed by atoms with van der Waals surface area (Å²) in [6.45, 7) is 6.87. The van der Waals surface area contributed by atoms with E-state index < -0.39 is 26.2 Å². The Labute approximate surface area is 136 Å². The predicted octanol–water partition coefficient (Wildman–Crippen LogP) is 2.26. The van der Waals surface area contributed by atoms with E-state index in [1.165, 1.54) is 0 Å². The van der Waals surface area contributed by atoms with E-state index in [0.29, 0.717) is 11.5 Å². The smallest absolute Gasteiger partial charge is 0.235 e. The van der Waals surface area contributed by atoms with Crippen LogP contribution in [0.4, 0.5) is 0 Å². The number of aromatic nitrogens is 1. The second-order valence-electron chi connectivity index (χ2n) is 6.60. The number of sulfone groups is 1. The van der Waals surface area contributed by atoms with Crippen LogP contribution >= 0.6 is 0 Å². The second kappa shape index (κ2) is 6.31. The number of hydrogen-bond donors (Lipinski definition) is 1. The number of nitrogens with one attached hydrogen (secondary N) is 1. The highest BCUT2D eigenvalue weighted by atomic mass is 32.2. The summed E-state index contributed by atoms with van der Waals surface area (Å²) in [6.07, 6.45) is 0. The van der Waals surface area contributed by atoms with Gasteiger partial charge >= 0.3 is 0 Å². The monoisotopic (exact) mass is 338 g/mol. The molecular formula is C16H22N2O4S. The van der Waals surface area contributed by atoms with Gasteiger partial charge in [0.25, 0.3) is 0 Å². The zero-order chi connectivity index (χ0) is 17.3. The van der Waals surface area contributed by atoms with Gasteiger partial charge in [-0.1, -0.05) is 19.1 Å². The van der Waals surface area contributed by atoms with Crippen molar-refractivity contribution in [2.45, 2.75) is 38.4 Å². The molecule has 1 aromatic heterocycles. The topological polar surface area (TPSA) is 89.3 Å². The van der Waals surface area contributed by atoms with Crippen LogP contribution in [-0.4, -0.2) is 36.4 Å². The Bertz CT molecular complexity index is 770. The van der Waals surface area contributed by atoms with Crippen LogP contribution in [-0.2, 0) is 14.6 Å². The van der Waals surface area contributed by atoms with Crippen molar-refractivity contribution < 1.29 is 17.6 Å². The lowest BCUT2D eigenvalue weighted by Gasteiger charge is -2.19. The number of fused-ring (bicyclic) bond motifs is 1. The lowest BCUT2D eigenvalue weighted by atomic mass is 10.2. The van der Waals surface area contributed by atoms with Gasteiger partial charge in [0.15, 0.2) is 21.3 Å². The molecule has 1 amide bonds. The number of oxazole rings is 1. The molecule has 1 N–H and O–H groups in total. The first kappa shape index (κ1) is 17.5. The molecule has 0 saturated heterocycles. The molecule has 0 aliphatic heterocycles. The Morgan fingerprint density at radius 1 is 1.30 bits per heavy atom. The summed E-state index contributed by atoms with van der Waals surface area (Å²) in [7, 11) is -3.48. The Balaban J connectivity index is 1.96. The molecule has 2 rings (SSSR count). The van der Waals surface area contributed by atoms with Gasteiger partial charge in [-0.2, -0.15) is 0 Å². The Morgan fingerprint density at radius 2 is 1.96 bits per heavy atom. The summed E-state index contributed by atoms with van der Waals surface area (Å²) >= 11 is 0. The molecule has 0 radical (unpaired) electrons. The minimum atomic E-state index is -3.48. The maximum absolute atomic E-state index is 12.0. The van der Waals surface area contributed by atoms with E-state index in [4.69, 9.17) is 4.42 Å². The van der Waals surface area contributed by atoms with Crippen LogP contribution in [0.15, 0.2) is 28.7 Å². The van der Waals surface area contributed by atoms with Crippen molar-refractivity contribution in [1.29, 1.82) is 0 Å². The third kappa shape index (κ3) is 4.10. The molecule has 2 aromatic rings. The van der Waals surface area contributed by atoms with Crippen LogP contribution in [0.3, 0.4) is 0 Å². The number of benzene rings is 1. The predicted molar refractivity (Wildman–Crippen MR) is 89.0 cm³/mol. The van der Waals surface area contributed by atoms with E-state index in [1.807, 2.05) is 31.2 Å². The molecule has 1 atom stereocenters. The van der Waals surface area contributed by atoms with Crippen LogP contribution in [0.25, 0.3) is 11.1 Å². The summed E-state index contributed by atoms with van der Waals surface area (Å²) in [5.74, 6) is -0.659. The van der Waals surface area contributed by atoms with Crippen molar-refractivity contribution >= 4 is 26.8 Å². The first-order valence-electron chi connectivity index (χ1n) is 7.44. The molecule has 1 aromatic carbocycles. The van der Waals surface area contributed by atoms with E-state index in [9.17, 15) is 13.2 Å². The maximum Gasteiger partial charge on any atom is 0.235 e. The van der Waals surface area contributed by atoms with E-state index in [-0.39, 0.29) is 12.5 Å². The SMILES string of the molecule is C[C@@H](CNC(=O)CS(=O)(=O)C(C)(C)C)c1nc2ccccc2o1. The van der Waals surface area contributed by atoms with Crippen LogP contribution < -0.4 is 5.32 Å². The van der Waals surface area contributed by atoms with E-state index in [2.05, 4.69) is 10.3 Å². The maximum atomic E-state index is 12.0. The van der Waals surface area contributed by atoms with Gasteiger partial charge in [0.2, 0.25) is 5.91 Å². The van der Waals surface area contributed by atoms with Gasteiger partial charge in [-0.05, 0) is 32.9 Å². The summed E-state index contributed by atoms with van der Waals surface area (Å²) in [5.41, 5.74) is 1.45. The van der Waals surface area contributed by atoms with E-state index >= 15 is 0 Å². The molecule has 0 spiro atoms. The highest BCUT2D eigenvalue weighted by Crippen LogP contribution is 2.20. The van der Waals surface area contributed by atoms with Crippen LogP contribution in [0.1, 0.15) is 39.5 Å². The summed E-state index contributed by atoms with van der Waals surface area (Å²) in [6, 6.07) is 7.41. The number of para-hydroxylation sites is 2. The Hall–Kier alpha value is -1.89. The third-order valence-electron chi connectivity index (χ3n) is 3.59. The fraction of sp³-hybridized carbons (Fsp3) is 0.500. The first-order chi connectivity index (χ1) is 10.6. The van der Waals surface area contributed by atoms with Gasteiger partial charge in [0.1, 0.15) is 11.3 Å². The van der Waals surface area contributed by atoms with Gasteiger partial charge in [0.05, 0.1) is 10.7 Å². The molecule has 0 aliphatic rings. The van der Waals surface area contributed by atoms with Crippen molar-refractivity contribution in [3.8, 4) is 0 Å². The van der Waals surface area contributed by atoms with Gasteiger partial charge < -0.3 is 9.73 Å². The molecule has 23 heavy (non-hydrogen) atoms. The third-order valence-corrected chi connectivity index (χ3v) is 6.10. The van der Waals surface area contributed by atoms with Crippen molar-refractivity contribution in [3.05, 3.63) is 30.2 Å². The molecule has 6 nitrogen and oxygen atoms in total. The zero-order valence-corrected chi connectivity index (χ0v) is 14.6. The molecule has 0 bridgehead atoms. The quantitative estimate of drug-likeness (QED) is 0.903. The molecule has 7 heteroatoms. The summed E-state index contributed by atoms with van der Waals surface area (Å²) < 4.78 is 28.7. The fourth-order valence-electron chi connectivity index (χ4n) is 1.90. The van der Waals surface area contributed by atoms with E-state index in [1.54, 1.807) is 20.8 Å². The standard InChI is InChI=1S/C16H22N2O4S/c1-11(15-18-12-7-5-6-8-13(12)22-15)9-17-14(19)10-23(20,21)16(2,3)4/h5-8,11H,9-10H2,1-4H3,(H,17,19)/t11-/m0/s1. The van der Waals surface area contributed by atoms with Crippen LogP contribution in [0, 0.1) is 0 Å². The molecule has 0 aliphatic carbocycles. The van der Waals surface area contributed by atoms with Crippen molar-refractivity contribution in [2.75, 3.05) is 12.3 Å². The number of hydrogen-bond acceptors (Lipinski definition) is 5. The second-order valence-corrected chi connectivity index (χ2v) is 9.34. The lowest BCUT2D eigenvalue weighted by Crippen LogP contribution is -2.39. The first-order valence-corrected chi connectivity index (χ1v) is 9.10. The highest BCUT2D eigenvalue weighted by molar-refractivity contribution is 7.93. The zero-order valence-electron chi connectivity index (χ0n) is 13.8. The van der Waals surface area contributed by atoms with Gasteiger partial charge in [0, 0.05) is 6.54 Å². The van der Waals surface area contributed by atoms with Gasteiger partial charge in [-0.25, -0.2) is 13.4 Å². The average molecular weight is 338 g/mol. The Kier molecular flexibility index (Phi) is 4.79. The number of amides is 1. The number of carbonyl (C=O) groups is 1. The molecule has 0 fully saturated rings. The average Bonchev–Trinajstić information content (AvgIpc) is 2.87. The van der Waals surface area contributed by atoms with Crippen molar-refractivity contribution in [2.24, 2.45) is 0 Å². The molecule has 0 unspecified atom stereocenters. The number of nitrogens with zero attached hydrogens (tertiary/aromatic N) is 1. The van der Waals surface area contributed by atoms with Crippen LogP contribution in [0.5, 0.6) is 0 Å². The molecule has 126 valence electrons. The minimum Gasteiger partial charge on any atom is -0.440 e. The fourth-order valence-corrected chi connectivity index (χ4v) is 2.78. The van der Waals surface area contributed by atoms with E-state index in [0.717, 1.165) is 5.52 Å².